The Kier molecular flexibility index (Phi) is 8.43. The molecule has 0 fully saturated rings. The molecule has 0 amide bonds. The molecule has 2 aromatic rings. The molecule has 0 saturated carbocycles. The summed E-state index contributed by atoms with van der Waals surface area (Å²) in [7, 11) is 0. The lowest BCUT2D eigenvalue weighted by Crippen LogP contribution is -1.79. The van der Waals surface area contributed by atoms with Gasteiger partial charge in [-0.05, 0) is 50.3 Å². The Morgan fingerprint density at radius 1 is 0.824 bits per heavy atom. The minimum Gasteiger partial charge on any atom is -0.149 e. The summed E-state index contributed by atoms with van der Waals surface area (Å²) in [5, 5.41) is 2.08. The molecular formula is C16H24S. The van der Waals surface area contributed by atoms with Gasteiger partial charge >= 0.3 is 0 Å². The maximum absolute atomic E-state index is 2.20. The van der Waals surface area contributed by atoms with E-state index >= 15 is 0 Å². The first kappa shape index (κ1) is 15.9. The molecule has 0 radical (unpaired) electrons. The molecule has 0 unspecified atom stereocenters. The second-order valence-electron chi connectivity index (χ2n) is 3.81. The topological polar surface area (TPSA) is 0 Å². The van der Waals surface area contributed by atoms with E-state index in [9.17, 15) is 0 Å². The van der Waals surface area contributed by atoms with Crippen molar-refractivity contribution in [3.05, 3.63) is 57.3 Å². The lowest BCUT2D eigenvalue weighted by Gasteiger charge is -1.98. The van der Waals surface area contributed by atoms with Crippen LogP contribution >= 0.6 is 11.3 Å². The van der Waals surface area contributed by atoms with Crippen molar-refractivity contribution >= 4 is 11.3 Å². The molecule has 17 heavy (non-hydrogen) atoms. The van der Waals surface area contributed by atoms with Crippen LogP contribution in [0.15, 0.2) is 35.7 Å². The molecule has 0 aliphatic rings. The fraction of sp³-hybridized carbons (Fsp3) is 0.375. The smallest absolute Gasteiger partial charge is 0.00141 e. The van der Waals surface area contributed by atoms with Crippen LogP contribution in [0, 0.1) is 27.7 Å². The normalized spacial score (nSPS) is 8.59. The number of thiophene rings is 1. The summed E-state index contributed by atoms with van der Waals surface area (Å²) >= 11 is 1.78. The molecule has 1 heterocycles. The summed E-state index contributed by atoms with van der Waals surface area (Å²) in [6.07, 6.45) is 0. The van der Waals surface area contributed by atoms with Crippen molar-refractivity contribution in [2.45, 2.75) is 41.5 Å². The number of aryl methyl sites for hydroxylation is 4. The van der Waals surface area contributed by atoms with Gasteiger partial charge in [0.1, 0.15) is 0 Å². The third kappa shape index (κ3) is 6.96. The maximum Gasteiger partial charge on any atom is 0.00141 e. The lowest BCUT2D eigenvalue weighted by molar-refractivity contribution is 1.30. The molecule has 0 N–H and O–H groups in total. The van der Waals surface area contributed by atoms with Crippen LogP contribution in [-0.4, -0.2) is 0 Å². The van der Waals surface area contributed by atoms with Crippen molar-refractivity contribution in [1.29, 1.82) is 0 Å². The molecule has 94 valence electrons. The van der Waals surface area contributed by atoms with Crippen LogP contribution in [0.5, 0.6) is 0 Å². The molecule has 2 rings (SSSR count). The lowest BCUT2D eigenvalue weighted by atomic mass is 10.1. The molecule has 0 aliphatic carbocycles. The quantitative estimate of drug-likeness (QED) is 0.561. The van der Waals surface area contributed by atoms with E-state index in [4.69, 9.17) is 0 Å². The van der Waals surface area contributed by atoms with E-state index in [1.165, 1.54) is 21.6 Å². The van der Waals surface area contributed by atoms with Crippen molar-refractivity contribution < 1.29 is 0 Å². The van der Waals surface area contributed by atoms with Gasteiger partial charge in [-0.3, -0.25) is 0 Å². The van der Waals surface area contributed by atoms with Gasteiger partial charge in [-0.15, -0.1) is 11.3 Å². The van der Waals surface area contributed by atoms with Crippen LogP contribution in [0.2, 0.25) is 0 Å². The highest BCUT2D eigenvalue weighted by Gasteiger charge is 1.89. The summed E-state index contributed by atoms with van der Waals surface area (Å²) in [6.45, 7) is 12.5. The van der Waals surface area contributed by atoms with Gasteiger partial charge in [0.2, 0.25) is 0 Å². The van der Waals surface area contributed by atoms with Crippen molar-refractivity contribution in [3.8, 4) is 0 Å². The minimum atomic E-state index is 1.35. The van der Waals surface area contributed by atoms with Crippen LogP contribution in [-0.2, 0) is 0 Å². The monoisotopic (exact) mass is 248 g/mol. The van der Waals surface area contributed by atoms with Gasteiger partial charge < -0.3 is 0 Å². The van der Waals surface area contributed by atoms with Gasteiger partial charge in [0.05, 0.1) is 0 Å². The molecule has 0 nitrogen and oxygen atoms in total. The minimum absolute atomic E-state index is 1.35. The standard InChI is InChI=1S/C9H12.C5H6S.C2H6/c1-7-4-5-8(2)9(3)6-7;1-5-3-2-4-6-5;1-2/h4-6H,1-3H3;2-4H,1H3;1-2H3. The third-order valence-electron chi connectivity index (χ3n) is 2.33. The molecule has 1 aromatic heterocycles. The van der Waals surface area contributed by atoms with Crippen LogP contribution < -0.4 is 0 Å². The Hall–Kier alpha value is -1.08. The van der Waals surface area contributed by atoms with Gasteiger partial charge in [0, 0.05) is 4.88 Å². The van der Waals surface area contributed by atoms with E-state index in [1.807, 2.05) is 13.8 Å². The first-order valence-electron chi connectivity index (χ1n) is 6.13. The Morgan fingerprint density at radius 2 is 1.47 bits per heavy atom. The van der Waals surface area contributed by atoms with Gasteiger partial charge in [0.25, 0.3) is 0 Å². The molecule has 1 heteroatoms. The zero-order valence-corrected chi connectivity index (χ0v) is 12.7. The van der Waals surface area contributed by atoms with E-state index in [2.05, 4.69) is 63.4 Å². The van der Waals surface area contributed by atoms with E-state index in [0.29, 0.717) is 0 Å². The molecule has 0 bridgehead atoms. The summed E-state index contributed by atoms with van der Waals surface area (Å²) < 4.78 is 0. The largest absolute Gasteiger partial charge is 0.149 e. The first-order valence-corrected chi connectivity index (χ1v) is 7.01. The van der Waals surface area contributed by atoms with E-state index < -0.39 is 0 Å². The predicted molar refractivity (Wildman–Crippen MR) is 81.1 cm³/mol. The Morgan fingerprint density at radius 3 is 1.76 bits per heavy atom. The van der Waals surface area contributed by atoms with Gasteiger partial charge in [-0.1, -0.05) is 43.7 Å². The average molecular weight is 248 g/mol. The van der Waals surface area contributed by atoms with E-state index in [-0.39, 0.29) is 0 Å². The zero-order valence-electron chi connectivity index (χ0n) is 11.9. The molecule has 0 aliphatic heterocycles. The van der Waals surface area contributed by atoms with E-state index in [1.54, 1.807) is 11.3 Å². The zero-order chi connectivity index (χ0) is 13.3. The second kappa shape index (κ2) is 9.00. The van der Waals surface area contributed by atoms with Crippen LogP contribution in [0.25, 0.3) is 0 Å². The van der Waals surface area contributed by atoms with Gasteiger partial charge in [-0.25, -0.2) is 0 Å². The fourth-order valence-electron chi connectivity index (χ4n) is 1.25. The summed E-state index contributed by atoms with van der Waals surface area (Å²) in [5.41, 5.74) is 4.11. The predicted octanol–water partition coefficient (Wildman–Crippen LogP) is 5.69. The number of hydrogen-bond acceptors (Lipinski definition) is 1. The molecule has 1 aromatic carbocycles. The first-order chi connectivity index (χ1) is 8.09. The Bertz CT molecular complexity index is 399. The fourth-order valence-corrected chi connectivity index (χ4v) is 1.78. The molecule has 0 atom stereocenters. The Labute approximate surface area is 110 Å². The number of benzene rings is 1. The van der Waals surface area contributed by atoms with Crippen LogP contribution in [0.1, 0.15) is 35.4 Å². The van der Waals surface area contributed by atoms with Crippen molar-refractivity contribution in [3.63, 3.8) is 0 Å². The summed E-state index contributed by atoms with van der Waals surface area (Å²) in [6, 6.07) is 10.7. The second-order valence-corrected chi connectivity index (χ2v) is 4.96. The van der Waals surface area contributed by atoms with Crippen molar-refractivity contribution in [2.24, 2.45) is 0 Å². The van der Waals surface area contributed by atoms with Crippen molar-refractivity contribution in [2.75, 3.05) is 0 Å². The maximum atomic E-state index is 2.20. The third-order valence-corrected chi connectivity index (χ3v) is 3.13. The Balaban J connectivity index is 0.000000278. The molecular weight excluding hydrogens is 224 g/mol. The highest BCUT2D eigenvalue weighted by atomic mass is 32.1. The average Bonchev–Trinajstić information content (AvgIpc) is 2.79. The summed E-state index contributed by atoms with van der Waals surface area (Å²) in [4.78, 5) is 1.38. The molecule has 0 saturated heterocycles. The SMILES string of the molecule is CC.Cc1ccc(C)c(C)c1.Cc1cccs1. The highest BCUT2D eigenvalue weighted by Crippen LogP contribution is 2.07. The van der Waals surface area contributed by atoms with Crippen molar-refractivity contribution in [1.82, 2.24) is 0 Å². The van der Waals surface area contributed by atoms with Crippen LogP contribution in [0.4, 0.5) is 0 Å². The number of rotatable bonds is 0. The molecule has 0 spiro atoms. The van der Waals surface area contributed by atoms with Gasteiger partial charge in [0.15, 0.2) is 0 Å². The van der Waals surface area contributed by atoms with Gasteiger partial charge in [-0.2, -0.15) is 0 Å². The highest BCUT2D eigenvalue weighted by molar-refractivity contribution is 7.09. The van der Waals surface area contributed by atoms with E-state index in [0.717, 1.165) is 0 Å². The van der Waals surface area contributed by atoms with Crippen LogP contribution in [0.3, 0.4) is 0 Å². The number of hydrogen-bond donors (Lipinski definition) is 0. The summed E-state index contributed by atoms with van der Waals surface area (Å²) in [5.74, 6) is 0.